The second-order valence-corrected chi connectivity index (χ2v) is 6.77. The van der Waals surface area contributed by atoms with Gasteiger partial charge in [0, 0.05) is 15.8 Å². The molecule has 0 fully saturated rings. The van der Waals surface area contributed by atoms with E-state index in [1.165, 1.54) is 11.8 Å². The normalized spacial score (nSPS) is 11.3. The standard InChI is InChI=1S/C17H17BrN2O2S/c1-12(15-7-2-3-8-16(15)21)19-20-17(22)11-23-10-13-5-4-6-14(18)9-13/h2-9,21H,10-11H2,1H3,(H,20,22)/b19-12-. The Kier molecular flexibility index (Phi) is 6.67. The first-order chi connectivity index (χ1) is 11.1. The molecule has 2 aromatic carbocycles. The Balaban J connectivity index is 1.81. The van der Waals surface area contributed by atoms with Gasteiger partial charge in [-0.25, -0.2) is 5.43 Å². The van der Waals surface area contributed by atoms with Crippen LogP contribution in [0.15, 0.2) is 58.1 Å². The van der Waals surface area contributed by atoms with Crippen LogP contribution in [-0.2, 0) is 10.5 Å². The smallest absolute Gasteiger partial charge is 0.250 e. The van der Waals surface area contributed by atoms with E-state index in [1.54, 1.807) is 25.1 Å². The lowest BCUT2D eigenvalue weighted by Gasteiger charge is -2.05. The SMILES string of the molecule is C/C(=N/NC(=O)CSCc1cccc(Br)c1)c1ccccc1O. The predicted octanol–water partition coefficient (Wildman–Crippen LogP) is 3.93. The molecule has 0 radical (unpaired) electrons. The van der Waals surface area contributed by atoms with Crippen LogP contribution in [0.3, 0.4) is 0 Å². The van der Waals surface area contributed by atoms with Crippen molar-refractivity contribution < 1.29 is 9.90 Å². The maximum absolute atomic E-state index is 11.8. The average Bonchev–Trinajstić information content (AvgIpc) is 2.53. The molecule has 0 aliphatic rings. The number of phenolic OH excluding ortho intramolecular Hbond substituents is 1. The zero-order valence-electron chi connectivity index (χ0n) is 12.6. The van der Waals surface area contributed by atoms with Gasteiger partial charge in [0.15, 0.2) is 0 Å². The van der Waals surface area contributed by atoms with Gasteiger partial charge in [-0.1, -0.05) is 40.2 Å². The molecule has 0 saturated heterocycles. The summed E-state index contributed by atoms with van der Waals surface area (Å²) < 4.78 is 1.03. The summed E-state index contributed by atoms with van der Waals surface area (Å²) in [4.78, 5) is 11.8. The number of nitrogens with one attached hydrogen (secondary N) is 1. The van der Waals surface area contributed by atoms with Crippen molar-refractivity contribution in [2.75, 3.05) is 5.75 Å². The molecule has 23 heavy (non-hydrogen) atoms. The highest BCUT2D eigenvalue weighted by Gasteiger charge is 2.05. The van der Waals surface area contributed by atoms with E-state index in [2.05, 4.69) is 26.5 Å². The van der Waals surface area contributed by atoms with Crippen LogP contribution in [0.4, 0.5) is 0 Å². The van der Waals surface area contributed by atoms with E-state index in [0.29, 0.717) is 17.0 Å². The van der Waals surface area contributed by atoms with Crippen molar-refractivity contribution in [2.45, 2.75) is 12.7 Å². The number of benzene rings is 2. The topological polar surface area (TPSA) is 61.7 Å². The number of hydrogen-bond acceptors (Lipinski definition) is 4. The monoisotopic (exact) mass is 392 g/mol. The van der Waals surface area contributed by atoms with Crippen molar-refractivity contribution in [2.24, 2.45) is 5.10 Å². The molecule has 0 saturated carbocycles. The van der Waals surface area contributed by atoms with Crippen LogP contribution < -0.4 is 5.43 Å². The van der Waals surface area contributed by atoms with E-state index < -0.39 is 0 Å². The van der Waals surface area contributed by atoms with E-state index >= 15 is 0 Å². The number of hydrazone groups is 1. The van der Waals surface area contributed by atoms with Gasteiger partial charge in [0.05, 0.1) is 11.5 Å². The molecule has 0 atom stereocenters. The average molecular weight is 393 g/mol. The first kappa shape index (κ1) is 17.6. The van der Waals surface area contributed by atoms with Crippen LogP contribution in [0, 0.1) is 0 Å². The summed E-state index contributed by atoms with van der Waals surface area (Å²) in [5.41, 5.74) is 4.84. The number of hydrogen-bond donors (Lipinski definition) is 2. The fraction of sp³-hybridized carbons (Fsp3) is 0.176. The largest absolute Gasteiger partial charge is 0.507 e. The molecule has 6 heteroatoms. The van der Waals surface area contributed by atoms with Crippen LogP contribution in [0.5, 0.6) is 5.75 Å². The molecule has 0 heterocycles. The second-order valence-electron chi connectivity index (χ2n) is 4.87. The minimum absolute atomic E-state index is 0.145. The fourth-order valence-corrected chi connectivity index (χ4v) is 3.12. The van der Waals surface area contributed by atoms with Crippen LogP contribution in [0.2, 0.25) is 0 Å². The summed E-state index contributed by atoms with van der Waals surface area (Å²) in [6.45, 7) is 1.74. The Labute approximate surface area is 148 Å². The first-order valence-corrected chi connectivity index (χ1v) is 8.94. The van der Waals surface area contributed by atoms with E-state index in [1.807, 2.05) is 30.3 Å². The first-order valence-electron chi connectivity index (χ1n) is 7.00. The number of thioether (sulfide) groups is 1. The molecule has 0 aliphatic carbocycles. The van der Waals surface area contributed by atoms with Gasteiger partial charge < -0.3 is 5.11 Å². The molecule has 0 aromatic heterocycles. The maximum atomic E-state index is 11.8. The van der Waals surface area contributed by atoms with Gasteiger partial charge in [0.1, 0.15) is 5.75 Å². The van der Waals surface area contributed by atoms with Crippen molar-refractivity contribution >= 4 is 39.3 Å². The molecule has 4 nitrogen and oxygen atoms in total. The van der Waals surface area contributed by atoms with Gasteiger partial charge in [-0.15, -0.1) is 11.8 Å². The summed E-state index contributed by atoms with van der Waals surface area (Å²) in [5, 5.41) is 13.8. The van der Waals surface area contributed by atoms with Gasteiger partial charge in [-0.2, -0.15) is 5.10 Å². The van der Waals surface area contributed by atoms with E-state index in [4.69, 9.17) is 0 Å². The van der Waals surface area contributed by atoms with E-state index in [0.717, 1.165) is 15.8 Å². The molecule has 0 aliphatic heterocycles. The van der Waals surface area contributed by atoms with E-state index in [9.17, 15) is 9.90 Å². The van der Waals surface area contributed by atoms with Crippen molar-refractivity contribution in [1.29, 1.82) is 0 Å². The Morgan fingerprint density at radius 2 is 2.04 bits per heavy atom. The number of phenols is 1. The summed E-state index contributed by atoms with van der Waals surface area (Å²) >= 11 is 4.95. The summed E-state index contributed by atoms with van der Waals surface area (Å²) in [5.74, 6) is 1.06. The molecule has 2 aromatic rings. The van der Waals surface area contributed by atoms with Gasteiger partial charge in [-0.3, -0.25) is 4.79 Å². The predicted molar refractivity (Wildman–Crippen MR) is 98.8 cm³/mol. The van der Waals surface area contributed by atoms with Crippen molar-refractivity contribution in [3.8, 4) is 5.75 Å². The number of nitrogens with zero attached hydrogens (tertiary/aromatic N) is 1. The molecule has 1 amide bonds. The minimum atomic E-state index is -0.167. The molecular weight excluding hydrogens is 376 g/mol. The van der Waals surface area contributed by atoms with Crippen LogP contribution in [-0.4, -0.2) is 22.5 Å². The molecule has 120 valence electrons. The molecule has 0 unspecified atom stereocenters. The number of rotatable bonds is 6. The summed E-state index contributed by atoms with van der Waals surface area (Å²) in [7, 11) is 0. The highest BCUT2D eigenvalue weighted by molar-refractivity contribution is 9.10. The lowest BCUT2D eigenvalue weighted by atomic mass is 10.1. The zero-order chi connectivity index (χ0) is 16.7. The number of para-hydroxylation sites is 1. The quantitative estimate of drug-likeness (QED) is 0.578. The number of carbonyl (C=O) groups is 1. The highest BCUT2D eigenvalue weighted by Crippen LogP contribution is 2.17. The lowest BCUT2D eigenvalue weighted by molar-refractivity contribution is -0.118. The van der Waals surface area contributed by atoms with E-state index in [-0.39, 0.29) is 11.7 Å². The molecule has 0 bridgehead atoms. The number of carbonyl (C=O) groups excluding carboxylic acids is 1. The van der Waals surface area contributed by atoms with Crippen molar-refractivity contribution in [3.05, 3.63) is 64.1 Å². The van der Waals surface area contributed by atoms with Gasteiger partial charge in [0.2, 0.25) is 5.91 Å². The van der Waals surface area contributed by atoms with Crippen LogP contribution in [0.25, 0.3) is 0 Å². The Morgan fingerprint density at radius 3 is 2.78 bits per heavy atom. The third-order valence-electron chi connectivity index (χ3n) is 3.03. The fourth-order valence-electron chi connectivity index (χ4n) is 1.91. The van der Waals surface area contributed by atoms with Gasteiger partial charge in [0.25, 0.3) is 0 Å². The Hall–Kier alpha value is -1.79. The number of amides is 1. The minimum Gasteiger partial charge on any atom is -0.507 e. The zero-order valence-corrected chi connectivity index (χ0v) is 15.0. The summed E-state index contributed by atoms with van der Waals surface area (Å²) in [6, 6.07) is 14.9. The number of aromatic hydroxyl groups is 1. The van der Waals surface area contributed by atoms with Crippen LogP contribution in [0.1, 0.15) is 18.1 Å². The second kappa shape index (κ2) is 8.74. The molecule has 2 N–H and O–H groups in total. The lowest BCUT2D eigenvalue weighted by Crippen LogP contribution is -2.21. The number of halogens is 1. The molecule has 2 rings (SSSR count). The van der Waals surface area contributed by atoms with Gasteiger partial charge in [-0.05, 0) is 36.8 Å². The van der Waals surface area contributed by atoms with Crippen LogP contribution >= 0.6 is 27.7 Å². The third kappa shape index (κ3) is 5.73. The third-order valence-corrected chi connectivity index (χ3v) is 4.53. The highest BCUT2D eigenvalue weighted by atomic mass is 79.9. The van der Waals surface area contributed by atoms with Gasteiger partial charge >= 0.3 is 0 Å². The van der Waals surface area contributed by atoms with Crippen molar-refractivity contribution in [1.82, 2.24) is 5.43 Å². The molecule has 0 spiro atoms. The Bertz CT molecular complexity index is 719. The maximum Gasteiger partial charge on any atom is 0.250 e. The molecular formula is C17H17BrN2O2S. The Morgan fingerprint density at radius 1 is 1.26 bits per heavy atom. The summed E-state index contributed by atoms with van der Waals surface area (Å²) in [6.07, 6.45) is 0. The van der Waals surface area contributed by atoms with Crippen molar-refractivity contribution in [3.63, 3.8) is 0 Å².